The van der Waals surface area contributed by atoms with Crippen LogP contribution in [0.1, 0.15) is 6.92 Å². The summed E-state index contributed by atoms with van der Waals surface area (Å²) in [5.74, 6) is 0.640. The summed E-state index contributed by atoms with van der Waals surface area (Å²) in [5.41, 5.74) is 5.46. The van der Waals surface area contributed by atoms with Crippen LogP contribution < -0.4 is 16.2 Å². The Kier molecular flexibility index (Phi) is 3.02. The van der Waals surface area contributed by atoms with Gasteiger partial charge >= 0.3 is 0 Å². The molecule has 13 heavy (non-hydrogen) atoms. The van der Waals surface area contributed by atoms with E-state index in [2.05, 4.69) is 9.97 Å². The number of H-pyrrole nitrogens is 1. The lowest BCUT2D eigenvalue weighted by atomic mass is 10.3. The molecule has 0 amide bonds. The van der Waals surface area contributed by atoms with Gasteiger partial charge in [-0.25, -0.2) is 4.98 Å². The van der Waals surface area contributed by atoms with Crippen LogP contribution in [0.5, 0.6) is 0 Å². The number of likely N-dealkylation sites (N-methyl/N-ethyl adjacent to an activating group) is 1. The Morgan fingerprint density at radius 2 is 2.46 bits per heavy atom. The highest BCUT2D eigenvalue weighted by Gasteiger charge is 2.04. The lowest BCUT2D eigenvalue weighted by Gasteiger charge is -2.19. The zero-order valence-electron chi connectivity index (χ0n) is 7.82. The molecule has 0 aliphatic carbocycles. The molecule has 72 valence electrons. The third-order valence-corrected chi connectivity index (χ3v) is 1.62. The number of hydrogen-bond donors (Lipinski definition) is 2. The van der Waals surface area contributed by atoms with Crippen LogP contribution in [-0.2, 0) is 0 Å². The van der Waals surface area contributed by atoms with E-state index >= 15 is 0 Å². The summed E-state index contributed by atoms with van der Waals surface area (Å²) in [6.07, 6.45) is 1.38. The first-order chi connectivity index (χ1) is 6.09. The Bertz CT molecular complexity index is 320. The quantitative estimate of drug-likeness (QED) is 0.664. The van der Waals surface area contributed by atoms with Crippen molar-refractivity contribution in [2.45, 2.75) is 13.0 Å². The van der Waals surface area contributed by atoms with Crippen LogP contribution in [0.2, 0.25) is 0 Å². The summed E-state index contributed by atoms with van der Waals surface area (Å²) in [7, 11) is 1.85. The summed E-state index contributed by atoms with van der Waals surface area (Å²) < 4.78 is 0. The summed E-state index contributed by atoms with van der Waals surface area (Å²) in [6.45, 7) is 2.58. The van der Waals surface area contributed by atoms with Crippen LogP contribution in [0.4, 0.5) is 5.82 Å². The van der Waals surface area contributed by atoms with Gasteiger partial charge in [-0.15, -0.1) is 0 Å². The van der Waals surface area contributed by atoms with E-state index in [0.29, 0.717) is 12.4 Å². The molecule has 0 aliphatic heterocycles. The number of rotatable bonds is 3. The van der Waals surface area contributed by atoms with E-state index in [1.807, 2.05) is 18.9 Å². The van der Waals surface area contributed by atoms with E-state index < -0.39 is 0 Å². The van der Waals surface area contributed by atoms with Crippen molar-refractivity contribution in [3.05, 3.63) is 22.7 Å². The molecule has 0 bridgehead atoms. The molecule has 3 N–H and O–H groups in total. The predicted molar refractivity (Wildman–Crippen MR) is 51.8 cm³/mol. The molecule has 0 aromatic carbocycles. The van der Waals surface area contributed by atoms with Gasteiger partial charge in [-0.1, -0.05) is 0 Å². The Labute approximate surface area is 76.6 Å². The van der Waals surface area contributed by atoms with Crippen LogP contribution in [0.3, 0.4) is 0 Å². The highest BCUT2D eigenvalue weighted by atomic mass is 16.1. The second-order valence-corrected chi connectivity index (χ2v) is 3.13. The third-order valence-electron chi connectivity index (χ3n) is 1.62. The molecule has 1 rings (SSSR count). The molecule has 1 atom stereocenters. The molecule has 5 heteroatoms. The average Bonchev–Trinajstić information content (AvgIpc) is 2.03. The molecule has 0 aliphatic rings. The van der Waals surface area contributed by atoms with E-state index in [-0.39, 0.29) is 11.6 Å². The van der Waals surface area contributed by atoms with Crippen molar-refractivity contribution in [2.75, 3.05) is 18.5 Å². The van der Waals surface area contributed by atoms with Gasteiger partial charge in [0.25, 0.3) is 5.56 Å². The number of nitrogens with zero attached hydrogens (tertiary/aromatic N) is 2. The van der Waals surface area contributed by atoms with Crippen LogP contribution in [0, 0.1) is 0 Å². The van der Waals surface area contributed by atoms with E-state index in [4.69, 9.17) is 5.73 Å². The number of aromatic amines is 1. The minimum atomic E-state index is -0.151. The van der Waals surface area contributed by atoms with Crippen molar-refractivity contribution in [2.24, 2.45) is 5.73 Å². The molecular weight excluding hydrogens is 168 g/mol. The normalized spacial score (nSPS) is 12.5. The van der Waals surface area contributed by atoms with E-state index in [9.17, 15) is 4.79 Å². The van der Waals surface area contributed by atoms with Crippen LogP contribution in [-0.4, -0.2) is 29.6 Å². The average molecular weight is 182 g/mol. The Morgan fingerprint density at radius 3 is 3.00 bits per heavy atom. The van der Waals surface area contributed by atoms with Gasteiger partial charge in [0.05, 0.1) is 6.33 Å². The van der Waals surface area contributed by atoms with Gasteiger partial charge in [-0.2, -0.15) is 0 Å². The van der Waals surface area contributed by atoms with E-state index in [1.165, 1.54) is 12.4 Å². The Hall–Kier alpha value is -1.36. The molecule has 1 aromatic heterocycles. The smallest absolute Gasteiger partial charge is 0.252 e. The standard InChI is InChI=1S/C8H14N4O/c1-6(9)4-12(2)7-3-8(13)11-5-10-7/h3,5-6H,4,9H2,1-2H3,(H,10,11,13). The molecule has 1 unspecified atom stereocenters. The molecule has 1 heterocycles. The van der Waals surface area contributed by atoms with Gasteiger partial charge in [-0.3, -0.25) is 4.79 Å². The maximum atomic E-state index is 10.9. The Balaban J connectivity index is 2.77. The van der Waals surface area contributed by atoms with Crippen LogP contribution in [0.25, 0.3) is 0 Å². The van der Waals surface area contributed by atoms with Crippen molar-refractivity contribution < 1.29 is 0 Å². The summed E-state index contributed by atoms with van der Waals surface area (Å²) in [4.78, 5) is 19.2. The highest BCUT2D eigenvalue weighted by Crippen LogP contribution is 2.02. The Morgan fingerprint density at radius 1 is 1.77 bits per heavy atom. The molecule has 0 radical (unpaired) electrons. The minimum absolute atomic E-state index is 0.0612. The topological polar surface area (TPSA) is 75.0 Å². The first kappa shape index (κ1) is 9.73. The fraction of sp³-hybridized carbons (Fsp3) is 0.500. The largest absolute Gasteiger partial charge is 0.358 e. The predicted octanol–water partition coefficient (Wildman–Crippen LogP) is -0.447. The highest BCUT2D eigenvalue weighted by molar-refractivity contribution is 5.35. The SMILES string of the molecule is CC(N)CN(C)c1cc(=O)[nH]cn1. The van der Waals surface area contributed by atoms with Gasteiger partial charge < -0.3 is 15.6 Å². The first-order valence-corrected chi connectivity index (χ1v) is 4.11. The van der Waals surface area contributed by atoms with Gasteiger partial charge in [0, 0.05) is 25.7 Å². The second-order valence-electron chi connectivity index (χ2n) is 3.13. The van der Waals surface area contributed by atoms with Gasteiger partial charge in [-0.05, 0) is 6.92 Å². The van der Waals surface area contributed by atoms with Crippen LogP contribution in [0.15, 0.2) is 17.2 Å². The van der Waals surface area contributed by atoms with E-state index in [0.717, 1.165) is 0 Å². The fourth-order valence-electron chi connectivity index (χ4n) is 1.09. The van der Waals surface area contributed by atoms with Crippen LogP contribution >= 0.6 is 0 Å². The third kappa shape index (κ3) is 2.87. The second kappa shape index (κ2) is 4.04. The monoisotopic (exact) mass is 182 g/mol. The maximum Gasteiger partial charge on any atom is 0.252 e. The molecule has 1 aromatic rings. The van der Waals surface area contributed by atoms with Crippen molar-refractivity contribution >= 4 is 5.82 Å². The minimum Gasteiger partial charge on any atom is -0.358 e. The fourth-order valence-corrected chi connectivity index (χ4v) is 1.09. The number of hydrogen-bond acceptors (Lipinski definition) is 4. The van der Waals surface area contributed by atoms with Crippen molar-refractivity contribution in [1.29, 1.82) is 0 Å². The van der Waals surface area contributed by atoms with E-state index in [1.54, 1.807) is 0 Å². The van der Waals surface area contributed by atoms with Crippen molar-refractivity contribution in [1.82, 2.24) is 9.97 Å². The molecule has 5 nitrogen and oxygen atoms in total. The number of nitrogens with one attached hydrogen (secondary N) is 1. The van der Waals surface area contributed by atoms with Gasteiger partial charge in [0.15, 0.2) is 0 Å². The van der Waals surface area contributed by atoms with Gasteiger partial charge in [0.1, 0.15) is 5.82 Å². The van der Waals surface area contributed by atoms with Crippen molar-refractivity contribution in [3.8, 4) is 0 Å². The maximum absolute atomic E-state index is 10.9. The van der Waals surface area contributed by atoms with Crippen molar-refractivity contribution in [3.63, 3.8) is 0 Å². The zero-order chi connectivity index (χ0) is 9.84. The molecule has 0 saturated heterocycles. The number of aromatic nitrogens is 2. The first-order valence-electron chi connectivity index (χ1n) is 4.11. The molecule has 0 fully saturated rings. The number of nitrogens with two attached hydrogens (primary N) is 1. The molecule has 0 spiro atoms. The lowest BCUT2D eigenvalue weighted by Crippen LogP contribution is -2.33. The molecular formula is C8H14N4O. The summed E-state index contributed by atoms with van der Waals surface area (Å²) in [5, 5.41) is 0. The summed E-state index contributed by atoms with van der Waals surface area (Å²) in [6, 6.07) is 1.51. The summed E-state index contributed by atoms with van der Waals surface area (Å²) >= 11 is 0. The zero-order valence-corrected chi connectivity index (χ0v) is 7.82. The number of anilines is 1. The lowest BCUT2D eigenvalue weighted by molar-refractivity contribution is 0.710. The molecule has 0 saturated carbocycles. The van der Waals surface area contributed by atoms with Gasteiger partial charge in [0.2, 0.25) is 0 Å².